The van der Waals surface area contributed by atoms with E-state index in [1.54, 1.807) is 7.05 Å². The molecule has 0 aliphatic rings. The van der Waals surface area contributed by atoms with Crippen LogP contribution >= 0.6 is 0 Å². The van der Waals surface area contributed by atoms with Crippen LogP contribution in [0.2, 0.25) is 0 Å². The molecule has 2 N–H and O–H groups in total. The molecule has 0 spiro atoms. The van der Waals surface area contributed by atoms with Gasteiger partial charge in [-0.1, -0.05) is 6.07 Å². The van der Waals surface area contributed by atoms with Crippen LogP contribution in [-0.2, 0) is 6.54 Å². The van der Waals surface area contributed by atoms with E-state index in [0.29, 0.717) is 12.1 Å². The second-order valence-corrected chi connectivity index (χ2v) is 4.67. The van der Waals surface area contributed by atoms with Gasteiger partial charge in [0.1, 0.15) is 5.82 Å². The number of aryl methyl sites for hydroxylation is 1. The maximum absolute atomic E-state index is 13.1. The highest BCUT2D eigenvalue weighted by atomic mass is 19.1. The van der Waals surface area contributed by atoms with Crippen LogP contribution in [0.3, 0.4) is 0 Å². The van der Waals surface area contributed by atoms with Gasteiger partial charge in [0.05, 0.1) is 17.9 Å². The lowest BCUT2D eigenvalue weighted by Crippen LogP contribution is -2.26. The van der Waals surface area contributed by atoms with Crippen LogP contribution in [0.1, 0.15) is 21.7 Å². The molecule has 1 amide bonds. The first-order valence-electron chi connectivity index (χ1n) is 6.20. The third-order valence-electron chi connectivity index (χ3n) is 2.93. The lowest BCUT2D eigenvalue weighted by Gasteiger charge is -2.17. The van der Waals surface area contributed by atoms with Crippen molar-refractivity contribution < 1.29 is 9.18 Å². The van der Waals surface area contributed by atoms with Crippen molar-refractivity contribution in [3.8, 4) is 0 Å². The number of anilines is 1. The molecular formula is C15H16FN3O. The molecule has 0 saturated carbocycles. The number of aromatic nitrogens is 1. The number of nitrogen functional groups attached to an aromatic ring is 1. The Balaban J connectivity index is 2.14. The monoisotopic (exact) mass is 273 g/mol. The van der Waals surface area contributed by atoms with Crippen LogP contribution < -0.4 is 5.73 Å². The Hall–Kier alpha value is -2.43. The van der Waals surface area contributed by atoms with E-state index in [2.05, 4.69) is 4.98 Å². The fraction of sp³-hybridized carbons (Fsp3) is 0.200. The van der Waals surface area contributed by atoms with Gasteiger partial charge in [-0.3, -0.25) is 9.78 Å². The number of rotatable bonds is 3. The van der Waals surface area contributed by atoms with Gasteiger partial charge < -0.3 is 10.6 Å². The fourth-order valence-corrected chi connectivity index (χ4v) is 1.90. The van der Waals surface area contributed by atoms with Gasteiger partial charge in [-0.15, -0.1) is 0 Å². The van der Waals surface area contributed by atoms with Crippen LogP contribution in [0.15, 0.2) is 36.4 Å². The second kappa shape index (κ2) is 5.69. The Morgan fingerprint density at radius 2 is 2.10 bits per heavy atom. The molecule has 0 atom stereocenters. The number of carbonyl (C=O) groups is 1. The Morgan fingerprint density at radius 1 is 1.35 bits per heavy atom. The molecule has 4 nitrogen and oxygen atoms in total. The fourth-order valence-electron chi connectivity index (χ4n) is 1.90. The van der Waals surface area contributed by atoms with E-state index in [0.717, 1.165) is 11.4 Å². The maximum Gasteiger partial charge on any atom is 0.254 e. The highest BCUT2D eigenvalue weighted by Crippen LogP contribution is 2.14. The quantitative estimate of drug-likeness (QED) is 0.873. The molecule has 2 rings (SSSR count). The van der Waals surface area contributed by atoms with E-state index >= 15 is 0 Å². The summed E-state index contributed by atoms with van der Waals surface area (Å²) in [5.41, 5.74) is 7.50. The minimum atomic E-state index is -0.524. The highest BCUT2D eigenvalue weighted by molar-refractivity contribution is 5.94. The number of pyridine rings is 1. The Labute approximate surface area is 117 Å². The molecule has 1 aromatic heterocycles. The predicted octanol–water partition coefficient (Wildman–Crippen LogP) is 2.38. The van der Waals surface area contributed by atoms with E-state index in [-0.39, 0.29) is 11.6 Å². The average molecular weight is 273 g/mol. The molecule has 0 radical (unpaired) electrons. The normalized spacial score (nSPS) is 10.3. The van der Waals surface area contributed by atoms with Gasteiger partial charge in [0, 0.05) is 18.3 Å². The van der Waals surface area contributed by atoms with E-state index in [1.165, 1.54) is 23.1 Å². The summed E-state index contributed by atoms with van der Waals surface area (Å²) in [6.07, 6.45) is 0. The molecule has 20 heavy (non-hydrogen) atoms. The summed E-state index contributed by atoms with van der Waals surface area (Å²) < 4.78 is 13.1. The second-order valence-electron chi connectivity index (χ2n) is 4.67. The zero-order chi connectivity index (χ0) is 14.7. The number of hydrogen-bond acceptors (Lipinski definition) is 3. The van der Waals surface area contributed by atoms with Gasteiger partial charge in [0.15, 0.2) is 0 Å². The molecule has 0 aliphatic carbocycles. The van der Waals surface area contributed by atoms with Gasteiger partial charge in [0.25, 0.3) is 5.91 Å². The van der Waals surface area contributed by atoms with Crippen molar-refractivity contribution >= 4 is 11.6 Å². The molecule has 0 aliphatic heterocycles. The minimum Gasteiger partial charge on any atom is -0.396 e. The van der Waals surface area contributed by atoms with Crippen molar-refractivity contribution in [1.29, 1.82) is 0 Å². The van der Waals surface area contributed by atoms with Gasteiger partial charge in [-0.25, -0.2) is 4.39 Å². The topological polar surface area (TPSA) is 59.2 Å². The Morgan fingerprint density at radius 3 is 2.75 bits per heavy atom. The Bertz CT molecular complexity index is 643. The average Bonchev–Trinajstić information content (AvgIpc) is 2.41. The SMILES string of the molecule is Cc1cccc(CN(C)C(=O)c2ccc(F)c(N)c2)n1. The van der Waals surface area contributed by atoms with Crippen molar-refractivity contribution in [2.45, 2.75) is 13.5 Å². The minimum absolute atomic E-state index is 0.0297. The molecule has 0 saturated heterocycles. The molecule has 0 bridgehead atoms. The summed E-state index contributed by atoms with van der Waals surface area (Å²) in [7, 11) is 1.67. The van der Waals surface area contributed by atoms with Crippen LogP contribution in [0.4, 0.5) is 10.1 Å². The first-order valence-corrected chi connectivity index (χ1v) is 6.20. The van der Waals surface area contributed by atoms with E-state index < -0.39 is 5.82 Å². The van der Waals surface area contributed by atoms with Crippen LogP contribution in [0, 0.1) is 12.7 Å². The smallest absolute Gasteiger partial charge is 0.254 e. The standard InChI is InChI=1S/C15H16FN3O/c1-10-4-3-5-12(18-10)9-19(2)15(20)11-6-7-13(16)14(17)8-11/h3-8H,9,17H2,1-2H3. The lowest BCUT2D eigenvalue weighted by molar-refractivity contribution is 0.0783. The highest BCUT2D eigenvalue weighted by Gasteiger charge is 2.14. The maximum atomic E-state index is 13.1. The molecule has 0 fully saturated rings. The summed E-state index contributed by atoms with van der Waals surface area (Å²) in [6, 6.07) is 9.61. The summed E-state index contributed by atoms with van der Waals surface area (Å²) in [6.45, 7) is 2.28. The molecule has 104 valence electrons. The van der Waals surface area contributed by atoms with Crippen molar-refractivity contribution in [1.82, 2.24) is 9.88 Å². The number of hydrogen-bond donors (Lipinski definition) is 1. The van der Waals surface area contributed by atoms with E-state index in [4.69, 9.17) is 5.73 Å². The van der Waals surface area contributed by atoms with Crippen molar-refractivity contribution in [3.05, 3.63) is 59.2 Å². The van der Waals surface area contributed by atoms with Crippen LogP contribution in [-0.4, -0.2) is 22.8 Å². The number of nitrogens with two attached hydrogens (primary N) is 1. The lowest BCUT2D eigenvalue weighted by atomic mass is 10.1. The molecule has 1 heterocycles. The zero-order valence-corrected chi connectivity index (χ0v) is 11.4. The van der Waals surface area contributed by atoms with Crippen molar-refractivity contribution in [2.24, 2.45) is 0 Å². The number of halogens is 1. The van der Waals surface area contributed by atoms with Gasteiger partial charge in [0.2, 0.25) is 0 Å². The molecular weight excluding hydrogens is 257 g/mol. The molecule has 1 aromatic carbocycles. The Kier molecular flexibility index (Phi) is 3.98. The van der Waals surface area contributed by atoms with Crippen molar-refractivity contribution in [2.75, 3.05) is 12.8 Å². The number of benzene rings is 1. The van der Waals surface area contributed by atoms with Gasteiger partial charge in [-0.05, 0) is 37.3 Å². The zero-order valence-electron chi connectivity index (χ0n) is 11.4. The third kappa shape index (κ3) is 3.12. The van der Waals surface area contributed by atoms with Gasteiger partial charge in [-0.2, -0.15) is 0 Å². The van der Waals surface area contributed by atoms with E-state index in [1.807, 2.05) is 25.1 Å². The largest absolute Gasteiger partial charge is 0.396 e. The van der Waals surface area contributed by atoms with Gasteiger partial charge >= 0.3 is 0 Å². The summed E-state index contributed by atoms with van der Waals surface area (Å²) in [4.78, 5) is 18.1. The predicted molar refractivity (Wildman–Crippen MR) is 75.6 cm³/mol. The number of carbonyl (C=O) groups excluding carboxylic acids is 1. The number of nitrogens with zero attached hydrogens (tertiary/aromatic N) is 2. The first-order chi connectivity index (χ1) is 9.47. The summed E-state index contributed by atoms with van der Waals surface area (Å²) in [5.74, 6) is -0.746. The van der Waals surface area contributed by atoms with Crippen LogP contribution in [0.5, 0.6) is 0 Å². The third-order valence-corrected chi connectivity index (χ3v) is 2.93. The molecule has 2 aromatic rings. The summed E-state index contributed by atoms with van der Waals surface area (Å²) in [5, 5.41) is 0. The number of amides is 1. The van der Waals surface area contributed by atoms with Crippen LogP contribution in [0.25, 0.3) is 0 Å². The summed E-state index contributed by atoms with van der Waals surface area (Å²) >= 11 is 0. The van der Waals surface area contributed by atoms with E-state index in [9.17, 15) is 9.18 Å². The molecule has 0 unspecified atom stereocenters. The van der Waals surface area contributed by atoms with Crippen molar-refractivity contribution in [3.63, 3.8) is 0 Å². The first kappa shape index (κ1) is 14.0. The molecule has 5 heteroatoms.